The van der Waals surface area contributed by atoms with Crippen molar-refractivity contribution in [2.75, 3.05) is 13.7 Å². The van der Waals surface area contributed by atoms with Gasteiger partial charge in [0.15, 0.2) is 6.29 Å². The third-order valence-corrected chi connectivity index (χ3v) is 1.75. The number of carbonyl (C=O) groups excluding carboxylic acids is 1. The quantitative estimate of drug-likeness (QED) is 0.570. The van der Waals surface area contributed by atoms with Crippen LogP contribution in [0.15, 0.2) is 0 Å². The Labute approximate surface area is 61.0 Å². The van der Waals surface area contributed by atoms with Gasteiger partial charge in [-0.15, -0.1) is 0 Å². The third-order valence-electron chi connectivity index (χ3n) is 1.75. The molecule has 0 fully saturated rings. The molecule has 3 nitrogen and oxygen atoms in total. The second-order valence-corrected chi connectivity index (χ2v) is 2.21. The summed E-state index contributed by atoms with van der Waals surface area (Å²) < 4.78 is 4.95. The molecule has 0 rings (SSSR count). The second-order valence-electron chi connectivity index (χ2n) is 2.21. The van der Waals surface area contributed by atoms with E-state index in [9.17, 15) is 4.79 Å². The highest BCUT2D eigenvalue weighted by Gasteiger charge is 2.25. The molecule has 0 radical (unpaired) electrons. The number of hydrogen-bond acceptors (Lipinski definition) is 3. The number of ether oxygens (including phenoxy) is 1. The van der Waals surface area contributed by atoms with Crippen LogP contribution in [0.1, 0.15) is 19.8 Å². The van der Waals surface area contributed by atoms with Crippen LogP contribution in [0.5, 0.6) is 0 Å². The molecule has 0 bridgehead atoms. The summed E-state index contributed by atoms with van der Waals surface area (Å²) in [7, 11) is 1.48. The maximum atomic E-state index is 10.4. The van der Waals surface area contributed by atoms with Gasteiger partial charge in [0, 0.05) is 20.1 Å². The Morgan fingerprint density at radius 2 is 2.30 bits per heavy atom. The van der Waals surface area contributed by atoms with Crippen LogP contribution < -0.4 is 0 Å². The van der Waals surface area contributed by atoms with E-state index in [4.69, 9.17) is 9.84 Å². The van der Waals surface area contributed by atoms with Gasteiger partial charge in [0.05, 0.1) is 0 Å². The van der Waals surface area contributed by atoms with Gasteiger partial charge in [0.1, 0.15) is 5.60 Å². The molecular weight excluding hydrogens is 132 g/mol. The Hall–Kier alpha value is -0.410. The van der Waals surface area contributed by atoms with Crippen LogP contribution in [-0.4, -0.2) is 30.7 Å². The zero-order valence-electron chi connectivity index (χ0n) is 6.46. The van der Waals surface area contributed by atoms with Crippen LogP contribution in [0.25, 0.3) is 0 Å². The Bertz CT molecular complexity index is 97.0. The van der Waals surface area contributed by atoms with E-state index in [1.54, 1.807) is 0 Å². The summed E-state index contributed by atoms with van der Waals surface area (Å²) in [5.41, 5.74) is -0.755. The molecule has 0 aromatic heterocycles. The number of aliphatic hydroxyl groups excluding tert-OH is 1. The van der Waals surface area contributed by atoms with Crippen LogP contribution in [0.3, 0.4) is 0 Å². The zero-order valence-corrected chi connectivity index (χ0v) is 6.46. The fourth-order valence-electron chi connectivity index (χ4n) is 0.803. The zero-order chi connectivity index (χ0) is 8.04. The molecular formula is C7H14O3. The lowest BCUT2D eigenvalue weighted by atomic mass is 9.99. The summed E-state index contributed by atoms with van der Waals surface area (Å²) in [6, 6.07) is 0. The Morgan fingerprint density at radius 1 is 1.70 bits per heavy atom. The first-order valence-electron chi connectivity index (χ1n) is 3.37. The molecule has 0 spiro atoms. The van der Waals surface area contributed by atoms with Crippen molar-refractivity contribution >= 4 is 6.29 Å². The maximum absolute atomic E-state index is 10.4. The molecule has 0 saturated heterocycles. The van der Waals surface area contributed by atoms with E-state index in [2.05, 4.69) is 0 Å². The Kier molecular flexibility index (Phi) is 4.23. The first kappa shape index (κ1) is 9.59. The molecule has 0 saturated carbocycles. The molecule has 0 aromatic rings. The van der Waals surface area contributed by atoms with Crippen molar-refractivity contribution in [3.63, 3.8) is 0 Å². The lowest BCUT2D eigenvalue weighted by molar-refractivity contribution is -0.129. The Balaban J connectivity index is 4.00. The topological polar surface area (TPSA) is 46.5 Å². The molecule has 60 valence electrons. The van der Waals surface area contributed by atoms with Gasteiger partial charge < -0.3 is 14.6 Å². The molecule has 0 heterocycles. The highest BCUT2D eigenvalue weighted by Crippen LogP contribution is 2.15. The monoisotopic (exact) mass is 146 g/mol. The molecule has 0 aromatic carbocycles. The molecule has 1 atom stereocenters. The number of aldehydes is 1. The standard InChI is InChI=1S/C7H14O3/c1-3-7(6-9,10-2)4-5-8/h6,8H,3-5H2,1-2H3. The van der Waals surface area contributed by atoms with Gasteiger partial charge in [-0.25, -0.2) is 0 Å². The lowest BCUT2D eigenvalue weighted by Gasteiger charge is -2.23. The highest BCUT2D eigenvalue weighted by molar-refractivity contribution is 5.62. The fraction of sp³-hybridized carbons (Fsp3) is 0.857. The van der Waals surface area contributed by atoms with Crippen molar-refractivity contribution in [2.45, 2.75) is 25.4 Å². The van der Waals surface area contributed by atoms with Crippen LogP contribution in [0.2, 0.25) is 0 Å². The van der Waals surface area contributed by atoms with Crippen LogP contribution in [0.4, 0.5) is 0 Å². The number of rotatable bonds is 5. The largest absolute Gasteiger partial charge is 0.396 e. The average Bonchev–Trinajstić information content (AvgIpc) is 2.01. The first-order valence-corrected chi connectivity index (χ1v) is 3.37. The predicted molar refractivity (Wildman–Crippen MR) is 37.8 cm³/mol. The van der Waals surface area contributed by atoms with Gasteiger partial charge in [-0.2, -0.15) is 0 Å². The molecule has 10 heavy (non-hydrogen) atoms. The van der Waals surface area contributed by atoms with Gasteiger partial charge in [0.2, 0.25) is 0 Å². The van der Waals surface area contributed by atoms with E-state index in [1.165, 1.54) is 7.11 Å². The van der Waals surface area contributed by atoms with E-state index in [0.717, 1.165) is 6.29 Å². The molecule has 0 aliphatic carbocycles. The van der Waals surface area contributed by atoms with Gasteiger partial charge >= 0.3 is 0 Å². The summed E-state index contributed by atoms with van der Waals surface area (Å²) in [6.07, 6.45) is 1.74. The van der Waals surface area contributed by atoms with Gasteiger partial charge in [-0.05, 0) is 6.42 Å². The minimum absolute atomic E-state index is 0.0135. The van der Waals surface area contributed by atoms with Crippen LogP contribution in [-0.2, 0) is 9.53 Å². The predicted octanol–water partition coefficient (Wildman–Crippen LogP) is 0.363. The summed E-state index contributed by atoms with van der Waals surface area (Å²) in [5.74, 6) is 0. The minimum Gasteiger partial charge on any atom is -0.396 e. The molecule has 0 aliphatic heterocycles. The van der Waals surface area contributed by atoms with E-state index in [0.29, 0.717) is 12.8 Å². The van der Waals surface area contributed by atoms with E-state index >= 15 is 0 Å². The van der Waals surface area contributed by atoms with Crippen molar-refractivity contribution in [3.8, 4) is 0 Å². The van der Waals surface area contributed by atoms with Crippen LogP contribution in [0, 0.1) is 0 Å². The fourth-order valence-corrected chi connectivity index (χ4v) is 0.803. The van der Waals surface area contributed by atoms with E-state index in [1.807, 2.05) is 6.92 Å². The average molecular weight is 146 g/mol. The molecule has 1 N–H and O–H groups in total. The molecule has 0 aliphatic rings. The van der Waals surface area contributed by atoms with Gasteiger partial charge in [-0.1, -0.05) is 6.92 Å². The van der Waals surface area contributed by atoms with Crippen molar-refractivity contribution < 1.29 is 14.6 Å². The summed E-state index contributed by atoms with van der Waals surface area (Å²) in [4.78, 5) is 10.4. The molecule has 0 amide bonds. The second kappa shape index (κ2) is 4.41. The van der Waals surface area contributed by atoms with Crippen molar-refractivity contribution in [3.05, 3.63) is 0 Å². The molecule has 1 unspecified atom stereocenters. The Morgan fingerprint density at radius 3 is 2.40 bits per heavy atom. The number of carbonyl (C=O) groups is 1. The van der Waals surface area contributed by atoms with Crippen molar-refractivity contribution in [2.24, 2.45) is 0 Å². The van der Waals surface area contributed by atoms with Crippen molar-refractivity contribution in [1.29, 1.82) is 0 Å². The van der Waals surface area contributed by atoms with Gasteiger partial charge in [0.25, 0.3) is 0 Å². The normalized spacial score (nSPS) is 16.3. The highest BCUT2D eigenvalue weighted by atomic mass is 16.5. The van der Waals surface area contributed by atoms with E-state index < -0.39 is 5.60 Å². The van der Waals surface area contributed by atoms with Gasteiger partial charge in [-0.3, -0.25) is 0 Å². The summed E-state index contributed by atoms with van der Waals surface area (Å²) >= 11 is 0. The van der Waals surface area contributed by atoms with Crippen molar-refractivity contribution in [1.82, 2.24) is 0 Å². The summed E-state index contributed by atoms with van der Waals surface area (Å²) in [5, 5.41) is 8.56. The van der Waals surface area contributed by atoms with Crippen LogP contribution >= 0.6 is 0 Å². The summed E-state index contributed by atoms with van der Waals surface area (Å²) in [6.45, 7) is 1.84. The lowest BCUT2D eigenvalue weighted by Crippen LogP contribution is -2.33. The number of hydrogen-bond donors (Lipinski definition) is 1. The number of methoxy groups -OCH3 is 1. The van der Waals surface area contributed by atoms with E-state index in [-0.39, 0.29) is 6.61 Å². The minimum atomic E-state index is -0.755. The molecule has 3 heteroatoms. The third kappa shape index (κ3) is 2.08. The smallest absolute Gasteiger partial charge is 0.151 e. The number of aliphatic hydroxyl groups is 1. The maximum Gasteiger partial charge on any atom is 0.151 e. The first-order chi connectivity index (χ1) is 4.74. The SMILES string of the molecule is CCC(C=O)(CCO)OC.